The number of aliphatic hydroxyl groups excluding tert-OH is 1. The molecule has 0 spiro atoms. The Morgan fingerprint density at radius 2 is 1.83 bits per heavy atom. The van der Waals surface area contributed by atoms with Crippen LogP contribution in [0.5, 0.6) is 0 Å². The van der Waals surface area contributed by atoms with Crippen LogP contribution in [0.3, 0.4) is 0 Å². The lowest BCUT2D eigenvalue weighted by atomic mass is 9.90. The first-order chi connectivity index (χ1) is 11.3. The number of H-pyrrole nitrogens is 1. The van der Waals surface area contributed by atoms with E-state index in [9.17, 15) is 5.11 Å². The number of hydrogen-bond acceptors (Lipinski definition) is 3. The minimum Gasteiger partial charge on any atom is -0.382 e. The van der Waals surface area contributed by atoms with E-state index in [1.165, 1.54) is 23.8 Å². The van der Waals surface area contributed by atoms with E-state index in [2.05, 4.69) is 27.5 Å². The fourth-order valence-electron chi connectivity index (χ4n) is 3.47. The molecule has 1 aromatic carbocycles. The van der Waals surface area contributed by atoms with E-state index in [1.54, 1.807) is 0 Å². The minimum absolute atomic E-state index is 0.594. The maximum absolute atomic E-state index is 10.5. The van der Waals surface area contributed by atoms with Crippen molar-refractivity contribution in [1.82, 2.24) is 15.3 Å². The Hall–Kier alpha value is -2.17. The third kappa shape index (κ3) is 2.76. The SMILES string of the molecule is OC(c1ccccc1)c1ccc2c(C3CCNCC3)c[nH]c2n1. The molecule has 23 heavy (non-hydrogen) atoms. The van der Waals surface area contributed by atoms with Crippen molar-refractivity contribution in [3.8, 4) is 0 Å². The quantitative estimate of drug-likeness (QED) is 0.697. The number of nitrogens with zero attached hydrogens (tertiary/aromatic N) is 1. The molecule has 0 radical (unpaired) electrons. The molecular weight excluding hydrogens is 286 g/mol. The highest BCUT2D eigenvalue weighted by molar-refractivity contribution is 5.80. The van der Waals surface area contributed by atoms with E-state index in [0.717, 1.165) is 24.3 Å². The average molecular weight is 307 g/mol. The second-order valence-corrected chi connectivity index (χ2v) is 6.21. The zero-order chi connectivity index (χ0) is 15.6. The van der Waals surface area contributed by atoms with Crippen LogP contribution in [0.2, 0.25) is 0 Å². The Morgan fingerprint density at radius 1 is 1.04 bits per heavy atom. The number of rotatable bonds is 3. The molecule has 0 aliphatic carbocycles. The normalized spacial score (nSPS) is 17.4. The van der Waals surface area contributed by atoms with Gasteiger partial charge in [0.15, 0.2) is 0 Å². The topological polar surface area (TPSA) is 60.9 Å². The summed E-state index contributed by atoms with van der Waals surface area (Å²) in [5.74, 6) is 0.594. The molecule has 1 atom stereocenters. The van der Waals surface area contributed by atoms with Gasteiger partial charge in [-0.3, -0.25) is 0 Å². The van der Waals surface area contributed by atoms with Gasteiger partial charge in [-0.05, 0) is 55.1 Å². The van der Waals surface area contributed by atoms with Gasteiger partial charge in [-0.15, -0.1) is 0 Å². The summed E-state index contributed by atoms with van der Waals surface area (Å²) in [6, 6.07) is 13.7. The van der Waals surface area contributed by atoms with Crippen LogP contribution in [0.25, 0.3) is 11.0 Å². The Bertz CT molecular complexity index is 791. The second kappa shape index (κ2) is 6.14. The summed E-state index contributed by atoms with van der Waals surface area (Å²) < 4.78 is 0. The first kappa shape index (κ1) is 14.4. The average Bonchev–Trinajstić information content (AvgIpc) is 3.06. The lowest BCUT2D eigenvalue weighted by molar-refractivity contribution is 0.215. The van der Waals surface area contributed by atoms with Gasteiger partial charge in [0.05, 0.1) is 5.69 Å². The smallest absolute Gasteiger partial charge is 0.137 e. The molecule has 0 bridgehead atoms. The lowest BCUT2D eigenvalue weighted by Crippen LogP contribution is -2.26. The molecular formula is C19H21N3O. The van der Waals surface area contributed by atoms with Gasteiger partial charge in [0, 0.05) is 11.6 Å². The molecule has 1 aliphatic heterocycles. The van der Waals surface area contributed by atoms with Gasteiger partial charge in [0.25, 0.3) is 0 Å². The fourth-order valence-corrected chi connectivity index (χ4v) is 3.47. The maximum Gasteiger partial charge on any atom is 0.137 e. The van der Waals surface area contributed by atoms with E-state index in [1.807, 2.05) is 36.4 Å². The van der Waals surface area contributed by atoms with Crippen molar-refractivity contribution in [2.24, 2.45) is 0 Å². The maximum atomic E-state index is 10.5. The number of nitrogens with one attached hydrogen (secondary N) is 2. The summed E-state index contributed by atoms with van der Waals surface area (Å²) >= 11 is 0. The molecule has 3 aromatic rings. The van der Waals surface area contributed by atoms with Crippen LogP contribution in [-0.2, 0) is 0 Å². The van der Waals surface area contributed by atoms with Crippen LogP contribution in [0.4, 0.5) is 0 Å². The van der Waals surface area contributed by atoms with Crippen molar-refractivity contribution >= 4 is 11.0 Å². The van der Waals surface area contributed by atoms with E-state index in [4.69, 9.17) is 0 Å². The summed E-state index contributed by atoms with van der Waals surface area (Å²) in [4.78, 5) is 7.94. The van der Waals surface area contributed by atoms with Crippen LogP contribution in [0, 0.1) is 0 Å². The van der Waals surface area contributed by atoms with Crippen LogP contribution in [0.15, 0.2) is 48.7 Å². The monoisotopic (exact) mass is 307 g/mol. The Balaban J connectivity index is 1.67. The van der Waals surface area contributed by atoms with Gasteiger partial charge in [-0.2, -0.15) is 0 Å². The van der Waals surface area contributed by atoms with Crippen LogP contribution < -0.4 is 5.32 Å². The number of aromatic nitrogens is 2. The van der Waals surface area contributed by atoms with Gasteiger partial charge in [0.2, 0.25) is 0 Å². The molecule has 1 fully saturated rings. The number of fused-ring (bicyclic) bond motifs is 1. The summed E-state index contributed by atoms with van der Waals surface area (Å²) in [5, 5.41) is 15.1. The van der Waals surface area contributed by atoms with Gasteiger partial charge >= 0.3 is 0 Å². The number of pyridine rings is 1. The van der Waals surface area contributed by atoms with Crippen LogP contribution >= 0.6 is 0 Å². The van der Waals surface area contributed by atoms with Gasteiger partial charge in [-0.25, -0.2) is 4.98 Å². The first-order valence-corrected chi connectivity index (χ1v) is 8.24. The minimum atomic E-state index is -0.689. The molecule has 4 nitrogen and oxygen atoms in total. The predicted octanol–water partition coefficient (Wildman–Crippen LogP) is 3.11. The number of piperidine rings is 1. The fraction of sp³-hybridized carbons (Fsp3) is 0.316. The Labute approximate surface area is 135 Å². The molecule has 1 aliphatic rings. The molecule has 1 saturated heterocycles. The van der Waals surface area contributed by atoms with Crippen molar-refractivity contribution < 1.29 is 5.11 Å². The molecule has 0 saturated carbocycles. The van der Waals surface area contributed by atoms with E-state index in [0.29, 0.717) is 11.6 Å². The largest absolute Gasteiger partial charge is 0.382 e. The molecule has 3 heterocycles. The number of hydrogen-bond donors (Lipinski definition) is 3. The molecule has 3 N–H and O–H groups in total. The molecule has 4 heteroatoms. The van der Waals surface area contributed by atoms with Crippen LogP contribution in [-0.4, -0.2) is 28.2 Å². The highest BCUT2D eigenvalue weighted by Gasteiger charge is 2.20. The summed E-state index contributed by atoms with van der Waals surface area (Å²) in [5.41, 5.74) is 3.77. The zero-order valence-corrected chi connectivity index (χ0v) is 13.0. The van der Waals surface area contributed by atoms with Crippen molar-refractivity contribution in [2.45, 2.75) is 24.9 Å². The van der Waals surface area contributed by atoms with E-state index < -0.39 is 6.10 Å². The van der Waals surface area contributed by atoms with Crippen molar-refractivity contribution in [3.05, 3.63) is 65.5 Å². The Kier molecular flexibility index (Phi) is 3.85. The first-order valence-electron chi connectivity index (χ1n) is 8.24. The van der Waals surface area contributed by atoms with Gasteiger partial charge in [-0.1, -0.05) is 30.3 Å². The summed E-state index contributed by atoms with van der Waals surface area (Å²) in [6.07, 6.45) is 3.74. The highest BCUT2D eigenvalue weighted by atomic mass is 16.3. The third-order valence-electron chi connectivity index (χ3n) is 4.77. The predicted molar refractivity (Wildman–Crippen MR) is 91.4 cm³/mol. The van der Waals surface area contributed by atoms with Gasteiger partial charge in [0.1, 0.15) is 11.8 Å². The third-order valence-corrected chi connectivity index (χ3v) is 4.77. The lowest BCUT2D eigenvalue weighted by Gasteiger charge is -2.22. The number of aromatic amines is 1. The van der Waals surface area contributed by atoms with Crippen molar-refractivity contribution in [2.75, 3.05) is 13.1 Å². The highest BCUT2D eigenvalue weighted by Crippen LogP contribution is 2.32. The van der Waals surface area contributed by atoms with E-state index >= 15 is 0 Å². The summed E-state index contributed by atoms with van der Waals surface area (Å²) in [7, 11) is 0. The molecule has 0 amide bonds. The van der Waals surface area contributed by atoms with Gasteiger partial charge < -0.3 is 15.4 Å². The molecule has 118 valence electrons. The molecule has 1 unspecified atom stereocenters. The second-order valence-electron chi connectivity index (χ2n) is 6.21. The van der Waals surface area contributed by atoms with Crippen molar-refractivity contribution in [1.29, 1.82) is 0 Å². The standard InChI is InChI=1S/C19H21N3O/c23-18(14-4-2-1-3-5-14)17-7-6-15-16(12-21-19(15)22-17)13-8-10-20-11-9-13/h1-7,12-13,18,20,23H,8-11H2,(H,21,22). The molecule has 2 aromatic heterocycles. The number of aliphatic hydroxyl groups is 1. The summed E-state index contributed by atoms with van der Waals surface area (Å²) in [6.45, 7) is 2.16. The Morgan fingerprint density at radius 3 is 2.61 bits per heavy atom. The van der Waals surface area contributed by atoms with E-state index in [-0.39, 0.29) is 0 Å². The van der Waals surface area contributed by atoms with Crippen molar-refractivity contribution in [3.63, 3.8) is 0 Å². The van der Waals surface area contributed by atoms with Crippen LogP contribution in [0.1, 0.15) is 41.7 Å². The number of benzene rings is 1. The molecule has 4 rings (SSSR count). The zero-order valence-electron chi connectivity index (χ0n) is 13.0.